The van der Waals surface area contributed by atoms with Gasteiger partial charge >= 0.3 is 0 Å². The van der Waals surface area contributed by atoms with E-state index < -0.39 is 11.6 Å². The SMILES string of the molecule is Fc1cccc([C@]23CC2c2c[nH]c(=S)n2C3)c1F. The van der Waals surface area contributed by atoms with Gasteiger partial charge in [0.2, 0.25) is 0 Å². The Kier molecular flexibility index (Phi) is 1.79. The molecule has 2 heterocycles. The number of imidazole rings is 1. The van der Waals surface area contributed by atoms with E-state index in [0.29, 0.717) is 16.9 Å². The van der Waals surface area contributed by atoms with Crippen LogP contribution in [0.5, 0.6) is 0 Å². The number of aromatic nitrogens is 2. The van der Waals surface area contributed by atoms with Gasteiger partial charge in [0.25, 0.3) is 0 Å². The van der Waals surface area contributed by atoms with Crippen LogP contribution in [-0.4, -0.2) is 9.55 Å². The van der Waals surface area contributed by atoms with Crippen LogP contribution in [0.3, 0.4) is 0 Å². The summed E-state index contributed by atoms with van der Waals surface area (Å²) in [6.45, 7) is 0.649. The average molecular weight is 264 g/mol. The number of aromatic amines is 1. The Morgan fingerprint density at radius 1 is 1.39 bits per heavy atom. The highest BCUT2D eigenvalue weighted by Crippen LogP contribution is 2.65. The van der Waals surface area contributed by atoms with Crippen molar-refractivity contribution in [3.8, 4) is 0 Å². The highest BCUT2D eigenvalue weighted by molar-refractivity contribution is 7.71. The van der Waals surface area contributed by atoms with Gasteiger partial charge in [0.05, 0.1) is 0 Å². The fourth-order valence-electron chi connectivity index (χ4n) is 3.28. The number of benzene rings is 1. The first-order valence-corrected chi connectivity index (χ1v) is 6.27. The Morgan fingerprint density at radius 2 is 2.22 bits per heavy atom. The first-order valence-electron chi connectivity index (χ1n) is 5.86. The number of rotatable bonds is 1. The molecule has 1 aromatic carbocycles. The van der Waals surface area contributed by atoms with Crippen molar-refractivity contribution in [1.82, 2.24) is 9.55 Å². The van der Waals surface area contributed by atoms with Crippen molar-refractivity contribution in [3.63, 3.8) is 0 Å². The lowest BCUT2D eigenvalue weighted by atomic mass is 9.93. The second kappa shape index (κ2) is 3.09. The van der Waals surface area contributed by atoms with Crippen molar-refractivity contribution in [1.29, 1.82) is 0 Å². The number of hydrogen-bond acceptors (Lipinski definition) is 1. The summed E-state index contributed by atoms with van der Waals surface area (Å²) in [5, 5.41) is 0. The summed E-state index contributed by atoms with van der Waals surface area (Å²) in [5.41, 5.74) is 1.33. The predicted molar refractivity (Wildman–Crippen MR) is 65.0 cm³/mol. The van der Waals surface area contributed by atoms with Crippen LogP contribution in [0.2, 0.25) is 0 Å². The van der Waals surface area contributed by atoms with E-state index in [9.17, 15) is 8.78 Å². The molecule has 1 aromatic heterocycles. The number of nitrogens with zero attached hydrogens (tertiary/aromatic N) is 1. The third kappa shape index (κ3) is 1.08. The Labute approximate surface area is 107 Å². The van der Waals surface area contributed by atoms with E-state index in [0.717, 1.165) is 18.2 Å². The molecule has 2 nitrogen and oxygen atoms in total. The Balaban J connectivity index is 1.86. The third-order valence-corrected chi connectivity index (χ3v) is 4.60. The second-order valence-corrected chi connectivity index (χ2v) is 5.51. The second-order valence-electron chi connectivity index (χ2n) is 5.12. The van der Waals surface area contributed by atoms with Gasteiger partial charge in [-0.25, -0.2) is 8.78 Å². The molecule has 4 rings (SSSR count). The van der Waals surface area contributed by atoms with Crippen molar-refractivity contribution < 1.29 is 8.78 Å². The van der Waals surface area contributed by atoms with Crippen LogP contribution < -0.4 is 0 Å². The summed E-state index contributed by atoms with van der Waals surface area (Å²) < 4.78 is 29.9. The number of halogens is 2. The molecule has 5 heteroatoms. The zero-order valence-corrected chi connectivity index (χ0v) is 10.2. The molecule has 92 valence electrons. The van der Waals surface area contributed by atoms with Gasteiger partial charge in [0.1, 0.15) is 0 Å². The van der Waals surface area contributed by atoms with E-state index >= 15 is 0 Å². The minimum atomic E-state index is -0.769. The monoisotopic (exact) mass is 264 g/mol. The maximum absolute atomic E-state index is 13.9. The predicted octanol–water partition coefficient (Wildman–Crippen LogP) is 3.26. The first kappa shape index (κ1) is 10.4. The maximum atomic E-state index is 13.9. The van der Waals surface area contributed by atoms with Crippen molar-refractivity contribution in [2.75, 3.05) is 0 Å². The fourth-order valence-corrected chi connectivity index (χ4v) is 3.51. The third-order valence-electron chi connectivity index (χ3n) is 4.26. The van der Waals surface area contributed by atoms with Gasteiger partial charge in [-0.1, -0.05) is 12.1 Å². The number of nitrogens with one attached hydrogen (secondary N) is 1. The van der Waals surface area contributed by atoms with Crippen LogP contribution in [0.25, 0.3) is 0 Å². The minimum absolute atomic E-state index is 0.266. The molecule has 0 amide bonds. The normalized spacial score (nSPS) is 28.0. The number of H-pyrrole nitrogens is 1. The molecule has 18 heavy (non-hydrogen) atoms. The van der Waals surface area contributed by atoms with E-state index in [2.05, 4.69) is 4.98 Å². The summed E-state index contributed by atoms with van der Waals surface area (Å²) >= 11 is 5.18. The van der Waals surface area contributed by atoms with Crippen molar-refractivity contribution >= 4 is 12.2 Å². The van der Waals surface area contributed by atoms with Crippen LogP contribution in [0.4, 0.5) is 8.78 Å². The van der Waals surface area contributed by atoms with Crippen molar-refractivity contribution in [2.24, 2.45) is 0 Å². The van der Waals surface area contributed by atoms with Crippen LogP contribution in [0.1, 0.15) is 23.6 Å². The molecule has 1 N–H and O–H groups in total. The molecule has 1 aliphatic heterocycles. The molecule has 1 unspecified atom stereocenters. The lowest BCUT2D eigenvalue weighted by Crippen LogP contribution is -2.15. The van der Waals surface area contributed by atoms with Crippen LogP contribution in [-0.2, 0) is 12.0 Å². The highest BCUT2D eigenvalue weighted by atomic mass is 32.1. The molecule has 0 spiro atoms. The smallest absolute Gasteiger partial charge is 0.177 e. The topological polar surface area (TPSA) is 20.7 Å². The lowest BCUT2D eigenvalue weighted by Gasteiger charge is -2.14. The summed E-state index contributed by atoms with van der Waals surface area (Å²) in [5.74, 6) is -1.21. The lowest BCUT2D eigenvalue weighted by molar-refractivity contribution is 0.472. The zero-order chi connectivity index (χ0) is 12.5. The van der Waals surface area contributed by atoms with Gasteiger partial charge in [-0.2, -0.15) is 0 Å². The van der Waals surface area contributed by atoms with E-state index in [4.69, 9.17) is 12.2 Å². The number of fused-ring (bicyclic) bond motifs is 3. The molecule has 0 saturated heterocycles. The molecular formula is C13H10F2N2S. The summed E-state index contributed by atoms with van der Waals surface area (Å²) in [7, 11) is 0. The van der Waals surface area contributed by atoms with Gasteiger partial charge in [0, 0.05) is 29.8 Å². The van der Waals surface area contributed by atoms with Crippen LogP contribution in [0.15, 0.2) is 24.4 Å². The van der Waals surface area contributed by atoms with E-state index in [1.165, 1.54) is 0 Å². The molecule has 1 fully saturated rings. The molecule has 2 aliphatic rings. The maximum Gasteiger partial charge on any atom is 0.177 e. The first-order chi connectivity index (χ1) is 8.63. The highest BCUT2D eigenvalue weighted by Gasteiger charge is 2.62. The van der Waals surface area contributed by atoms with Gasteiger partial charge < -0.3 is 9.55 Å². The molecule has 2 aromatic rings. The molecule has 0 bridgehead atoms. The van der Waals surface area contributed by atoms with Gasteiger partial charge in [-0.05, 0) is 30.3 Å². The van der Waals surface area contributed by atoms with E-state index in [1.54, 1.807) is 12.1 Å². The quantitative estimate of drug-likeness (QED) is 0.784. The van der Waals surface area contributed by atoms with Gasteiger partial charge in [-0.3, -0.25) is 0 Å². The molecule has 1 aliphatic carbocycles. The summed E-state index contributed by atoms with van der Waals surface area (Å²) in [6, 6.07) is 4.43. The molecule has 1 saturated carbocycles. The van der Waals surface area contributed by atoms with Crippen molar-refractivity contribution in [3.05, 3.63) is 52.1 Å². The minimum Gasteiger partial charge on any atom is -0.337 e. The molecular weight excluding hydrogens is 254 g/mol. The summed E-state index contributed by atoms with van der Waals surface area (Å²) in [4.78, 5) is 3.00. The number of hydrogen-bond donors (Lipinski definition) is 1. The Hall–Kier alpha value is -1.49. The molecule has 2 atom stereocenters. The van der Waals surface area contributed by atoms with E-state index in [1.807, 2.05) is 10.8 Å². The zero-order valence-electron chi connectivity index (χ0n) is 9.41. The Morgan fingerprint density at radius 3 is 3.00 bits per heavy atom. The van der Waals surface area contributed by atoms with Gasteiger partial charge in [-0.15, -0.1) is 0 Å². The van der Waals surface area contributed by atoms with E-state index in [-0.39, 0.29) is 11.3 Å². The average Bonchev–Trinajstić information content (AvgIpc) is 2.82. The Bertz CT molecular complexity index is 718. The fraction of sp³-hybridized carbons (Fsp3) is 0.308. The van der Waals surface area contributed by atoms with Crippen LogP contribution >= 0.6 is 12.2 Å². The summed E-state index contributed by atoms with van der Waals surface area (Å²) in [6.07, 6.45) is 2.76. The van der Waals surface area contributed by atoms with Crippen molar-refractivity contribution in [2.45, 2.75) is 24.3 Å². The molecule has 0 radical (unpaired) electrons. The van der Waals surface area contributed by atoms with Gasteiger partial charge in [0.15, 0.2) is 16.4 Å². The largest absolute Gasteiger partial charge is 0.337 e. The standard InChI is InChI=1S/C13H10F2N2S/c14-9-3-1-2-7(11(9)15)13-4-8(13)10-5-16-12(18)17(10)6-13/h1-3,5,8H,4,6H2,(H,16,18)/t8?,13-/m1/s1. The van der Waals surface area contributed by atoms with Crippen LogP contribution in [0, 0.1) is 16.4 Å².